The maximum atomic E-state index is 10.9. The van der Waals surface area contributed by atoms with E-state index in [0.717, 1.165) is 14.5 Å². The van der Waals surface area contributed by atoms with Crippen LogP contribution in [0.3, 0.4) is 0 Å². The second-order valence-electron chi connectivity index (χ2n) is 3.57. The zero-order valence-corrected chi connectivity index (χ0v) is 13.1. The van der Waals surface area contributed by atoms with Gasteiger partial charge in [-0.3, -0.25) is 4.79 Å². The highest BCUT2D eigenvalue weighted by Gasteiger charge is 2.09. The van der Waals surface area contributed by atoms with Gasteiger partial charge in [-0.05, 0) is 56.0 Å². The molecule has 18 heavy (non-hydrogen) atoms. The van der Waals surface area contributed by atoms with Gasteiger partial charge in [0.1, 0.15) is 5.75 Å². The van der Waals surface area contributed by atoms with Gasteiger partial charge < -0.3 is 14.6 Å². The van der Waals surface area contributed by atoms with Crippen molar-refractivity contribution in [1.29, 1.82) is 0 Å². The molecule has 0 aliphatic rings. The van der Waals surface area contributed by atoms with Crippen molar-refractivity contribution in [1.82, 2.24) is 0 Å². The third kappa shape index (κ3) is 4.59. The lowest BCUT2D eigenvalue weighted by molar-refractivity contribution is -0.140. The molecule has 0 saturated carbocycles. The van der Waals surface area contributed by atoms with Crippen LogP contribution in [0.4, 0.5) is 0 Å². The fraction of sp³-hybridized carbons (Fsp3) is 0.417. The van der Waals surface area contributed by atoms with Crippen molar-refractivity contribution in [2.75, 3.05) is 13.7 Å². The predicted octanol–water partition coefficient (Wildman–Crippen LogP) is 3.04. The first-order valence-corrected chi connectivity index (χ1v) is 6.95. The van der Waals surface area contributed by atoms with Crippen molar-refractivity contribution in [3.8, 4) is 5.75 Å². The molecule has 0 spiro atoms. The van der Waals surface area contributed by atoms with E-state index in [1.807, 2.05) is 0 Å². The number of halogens is 2. The summed E-state index contributed by atoms with van der Waals surface area (Å²) in [4.78, 5) is 10.9. The van der Waals surface area contributed by atoms with Gasteiger partial charge >= 0.3 is 5.97 Å². The summed E-state index contributed by atoms with van der Waals surface area (Å²) in [5, 5.41) is 9.05. The van der Waals surface area contributed by atoms with E-state index in [4.69, 9.17) is 9.84 Å². The molecule has 0 bridgehead atoms. The third-order valence-corrected chi connectivity index (χ3v) is 3.42. The minimum Gasteiger partial charge on any atom is -0.491 e. The van der Waals surface area contributed by atoms with E-state index in [9.17, 15) is 4.79 Å². The first kappa shape index (κ1) is 15.5. The SMILES string of the molecule is COC(=O)CCCOc1c(Br)cc(CO)cc1Br. The van der Waals surface area contributed by atoms with Crippen molar-refractivity contribution < 1.29 is 19.4 Å². The van der Waals surface area contributed by atoms with E-state index in [0.29, 0.717) is 25.2 Å². The summed E-state index contributed by atoms with van der Waals surface area (Å²) in [5.41, 5.74) is 0.788. The van der Waals surface area contributed by atoms with Gasteiger partial charge in [-0.15, -0.1) is 0 Å². The van der Waals surface area contributed by atoms with Crippen molar-refractivity contribution in [3.05, 3.63) is 26.6 Å². The quantitative estimate of drug-likeness (QED) is 0.607. The lowest BCUT2D eigenvalue weighted by atomic mass is 10.2. The number of aliphatic hydroxyl groups excluding tert-OH is 1. The van der Waals surface area contributed by atoms with Crippen LogP contribution in [0.15, 0.2) is 21.1 Å². The average molecular weight is 382 g/mol. The molecule has 0 aromatic heterocycles. The summed E-state index contributed by atoms with van der Waals surface area (Å²) in [5.74, 6) is 0.421. The minimum atomic E-state index is -0.243. The second kappa shape index (κ2) is 7.76. The monoisotopic (exact) mass is 380 g/mol. The van der Waals surface area contributed by atoms with Crippen molar-refractivity contribution in [2.45, 2.75) is 19.4 Å². The molecule has 0 heterocycles. The number of esters is 1. The number of hydrogen-bond donors (Lipinski definition) is 1. The maximum absolute atomic E-state index is 10.9. The van der Waals surface area contributed by atoms with Gasteiger partial charge in [-0.2, -0.15) is 0 Å². The number of rotatable bonds is 6. The minimum absolute atomic E-state index is 0.0280. The highest BCUT2D eigenvalue weighted by atomic mass is 79.9. The van der Waals surface area contributed by atoms with Crippen molar-refractivity contribution >= 4 is 37.8 Å². The van der Waals surface area contributed by atoms with Gasteiger partial charge in [-0.25, -0.2) is 0 Å². The number of benzene rings is 1. The normalized spacial score (nSPS) is 10.2. The van der Waals surface area contributed by atoms with E-state index in [2.05, 4.69) is 36.6 Å². The van der Waals surface area contributed by atoms with E-state index in [1.54, 1.807) is 12.1 Å². The summed E-state index contributed by atoms with van der Waals surface area (Å²) in [6.45, 7) is 0.393. The summed E-state index contributed by atoms with van der Waals surface area (Å²) < 4.78 is 11.6. The maximum Gasteiger partial charge on any atom is 0.305 e. The lowest BCUT2D eigenvalue weighted by Gasteiger charge is -2.11. The van der Waals surface area contributed by atoms with Crippen LogP contribution >= 0.6 is 31.9 Å². The summed E-state index contributed by atoms with van der Waals surface area (Å²) >= 11 is 6.75. The Kier molecular flexibility index (Phi) is 6.67. The van der Waals surface area contributed by atoms with Crippen molar-refractivity contribution in [3.63, 3.8) is 0 Å². The van der Waals surface area contributed by atoms with Crippen LogP contribution in [-0.2, 0) is 16.1 Å². The standard InChI is InChI=1S/C12H14Br2O4/c1-17-11(16)3-2-4-18-12-9(13)5-8(7-15)6-10(12)14/h5-6,15H,2-4,7H2,1H3. The summed E-state index contributed by atoms with van der Waals surface area (Å²) in [7, 11) is 1.37. The molecular weight excluding hydrogens is 368 g/mol. The third-order valence-electron chi connectivity index (χ3n) is 2.24. The molecule has 1 aromatic rings. The molecule has 0 atom stereocenters. The van der Waals surface area contributed by atoms with Crippen LogP contribution in [0.5, 0.6) is 5.75 Å². The Morgan fingerprint density at radius 3 is 2.44 bits per heavy atom. The molecule has 1 rings (SSSR count). The molecule has 0 aliphatic heterocycles. The Balaban J connectivity index is 2.54. The van der Waals surface area contributed by atoms with Crippen LogP contribution in [0.25, 0.3) is 0 Å². The lowest BCUT2D eigenvalue weighted by Crippen LogP contribution is -2.05. The van der Waals surface area contributed by atoms with E-state index in [1.165, 1.54) is 7.11 Å². The molecular formula is C12H14Br2O4. The van der Waals surface area contributed by atoms with E-state index >= 15 is 0 Å². The molecule has 1 aromatic carbocycles. The Hall–Kier alpha value is -0.590. The predicted molar refractivity (Wildman–Crippen MR) is 74.5 cm³/mol. The molecule has 100 valence electrons. The molecule has 0 aliphatic carbocycles. The van der Waals surface area contributed by atoms with Gasteiger partial charge in [0, 0.05) is 6.42 Å². The molecule has 0 amide bonds. The number of carbonyl (C=O) groups is 1. The average Bonchev–Trinajstić information content (AvgIpc) is 2.36. The molecule has 0 unspecified atom stereocenters. The van der Waals surface area contributed by atoms with E-state index in [-0.39, 0.29) is 12.6 Å². The van der Waals surface area contributed by atoms with Gasteiger partial charge in [-0.1, -0.05) is 0 Å². The van der Waals surface area contributed by atoms with Crippen LogP contribution in [-0.4, -0.2) is 24.8 Å². The van der Waals surface area contributed by atoms with Gasteiger partial charge in [0.25, 0.3) is 0 Å². The van der Waals surface area contributed by atoms with Crippen LogP contribution < -0.4 is 4.74 Å². The van der Waals surface area contributed by atoms with Crippen LogP contribution in [0.2, 0.25) is 0 Å². The first-order chi connectivity index (χ1) is 8.58. The zero-order valence-electron chi connectivity index (χ0n) is 9.91. The first-order valence-electron chi connectivity index (χ1n) is 5.37. The number of aliphatic hydroxyl groups is 1. The molecule has 6 heteroatoms. The van der Waals surface area contributed by atoms with E-state index < -0.39 is 0 Å². The van der Waals surface area contributed by atoms with Gasteiger partial charge in [0.15, 0.2) is 0 Å². The number of methoxy groups -OCH3 is 1. The Morgan fingerprint density at radius 1 is 1.33 bits per heavy atom. The summed E-state index contributed by atoms with van der Waals surface area (Å²) in [6.07, 6.45) is 0.924. The molecule has 1 N–H and O–H groups in total. The molecule has 0 saturated heterocycles. The Labute approximate surface area is 123 Å². The van der Waals surface area contributed by atoms with Crippen molar-refractivity contribution in [2.24, 2.45) is 0 Å². The van der Waals surface area contributed by atoms with Gasteiger partial charge in [0.2, 0.25) is 0 Å². The smallest absolute Gasteiger partial charge is 0.305 e. The molecule has 4 nitrogen and oxygen atoms in total. The van der Waals surface area contributed by atoms with Crippen LogP contribution in [0, 0.1) is 0 Å². The van der Waals surface area contributed by atoms with Crippen LogP contribution in [0.1, 0.15) is 18.4 Å². The fourth-order valence-electron chi connectivity index (χ4n) is 1.33. The number of hydrogen-bond acceptors (Lipinski definition) is 4. The highest BCUT2D eigenvalue weighted by molar-refractivity contribution is 9.11. The molecule has 0 fully saturated rings. The largest absolute Gasteiger partial charge is 0.491 e. The molecule has 0 radical (unpaired) electrons. The topological polar surface area (TPSA) is 55.8 Å². The summed E-state index contributed by atoms with van der Waals surface area (Å²) in [6, 6.07) is 3.58. The fourth-order valence-corrected chi connectivity index (χ4v) is 2.84. The Bertz CT molecular complexity index is 398. The number of carbonyl (C=O) groups excluding carboxylic acids is 1. The highest BCUT2D eigenvalue weighted by Crippen LogP contribution is 2.34. The number of ether oxygens (including phenoxy) is 2. The Morgan fingerprint density at radius 2 is 1.94 bits per heavy atom. The zero-order chi connectivity index (χ0) is 13.5. The second-order valence-corrected chi connectivity index (χ2v) is 5.28. The van der Waals surface area contributed by atoms with Gasteiger partial charge in [0.05, 0.1) is 29.3 Å².